The molecule has 0 aliphatic rings. The number of amides is 1. The molecule has 0 spiro atoms. The zero-order valence-corrected chi connectivity index (χ0v) is 12.1. The van der Waals surface area contributed by atoms with Crippen LogP contribution in [0.5, 0.6) is 0 Å². The SMILES string of the molecule is CC(C)(C)C(=O)NCc1cc(S(C)(=N)=O)cs1. The van der Waals surface area contributed by atoms with Crippen LogP contribution in [0.1, 0.15) is 25.6 Å². The molecule has 1 unspecified atom stereocenters. The third-order valence-corrected chi connectivity index (χ3v) is 4.41. The maximum atomic E-state index is 11.6. The quantitative estimate of drug-likeness (QED) is 0.888. The molecular formula is C11H18N2O2S2. The molecule has 1 aromatic rings. The predicted molar refractivity (Wildman–Crippen MR) is 70.7 cm³/mol. The molecule has 1 rings (SSSR count). The highest BCUT2D eigenvalue weighted by atomic mass is 32.2. The lowest BCUT2D eigenvalue weighted by atomic mass is 9.96. The van der Waals surface area contributed by atoms with Gasteiger partial charge in [0.2, 0.25) is 5.91 Å². The minimum absolute atomic E-state index is 0.0180. The lowest BCUT2D eigenvalue weighted by Crippen LogP contribution is -2.34. The zero-order chi connectivity index (χ0) is 13.3. The standard InChI is InChI=1S/C11H18N2O2S2/c1-11(2,3)10(14)13-6-8-5-9(7-16-8)17(4,12)15/h5,7,12H,6H2,1-4H3,(H,13,14). The van der Waals surface area contributed by atoms with E-state index >= 15 is 0 Å². The third kappa shape index (κ3) is 4.12. The van der Waals surface area contributed by atoms with Crippen LogP contribution in [0, 0.1) is 10.2 Å². The topological polar surface area (TPSA) is 70.0 Å². The van der Waals surface area contributed by atoms with Crippen molar-refractivity contribution in [2.45, 2.75) is 32.2 Å². The minimum atomic E-state index is -2.65. The Bertz CT molecular complexity index is 510. The molecule has 0 bridgehead atoms. The van der Waals surface area contributed by atoms with Crippen molar-refractivity contribution < 1.29 is 9.00 Å². The first kappa shape index (κ1) is 14.2. The van der Waals surface area contributed by atoms with E-state index < -0.39 is 15.1 Å². The summed E-state index contributed by atoms with van der Waals surface area (Å²) in [7, 11) is -2.65. The van der Waals surface area contributed by atoms with Crippen molar-refractivity contribution in [3.8, 4) is 0 Å². The van der Waals surface area contributed by atoms with Crippen LogP contribution in [-0.4, -0.2) is 16.4 Å². The van der Waals surface area contributed by atoms with Gasteiger partial charge in [-0.05, 0) is 6.07 Å². The summed E-state index contributed by atoms with van der Waals surface area (Å²) in [5.41, 5.74) is -0.409. The van der Waals surface area contributed by atoms with E-state index in [1.807, 2.05) is 20.8 Å². The van der Waals surface area contributed by atoms with Crippen LogP contribution >= 0.6 is 11.3 Å². The van der Waals surface area contributed by atoms with E-state index in [0.29, 0.717) is 11.4 Å². The molecule has 6 heteroatoms. The second-order valence-electron chi connectivity index (χ2n) is 5.03. The second kappa shape index (κ2) is 4.78. The summed E-state index contributed by atoms with van der Waals surface area (Å²) >= 11 is 1.42. The molecule has 96 valence electrons. The van der Waals surface area contributed by atoms with Crippen LogP contribution in [0.3, 0.4) is 0 Å². The summed E-state index contributed by atoms with van der Waals surface area (Å²) in [6.07, 6.45) is 1.40. The van der Waals surface area contributed by atoms with Gasteiger partial charge in [0.1, 0.15) is 0 Å². The van der Waals surface area contributed by atoms with Crippen molar-refractivity contribution in [2.75, 3.05) is 6.26 Å². The molecule has 2 N–H and O–H groups in total. The van der Waals surface area contributed by atoms with Crippen LogP contribution in [0.15, 0.2) is 16.3 Å². The Morgan fingerprint density at radius 2 is 2.12 bits per heavy atom. The van der Waals surface area contributed by atoms with E-state index in [2.05, 4.69) is 5.32 Å². The van der Waals surface area contributed by atoms with E-state index in [1.165, 1.54) is 17.6 Å². The molecule has 1 amide bonds. The van der Waals surface area contributed by atoms with Crippen LogP contribution in [0.2, 0.25) is 0 Å². The van der Waals surface area contributed by atoms with E-state index in [1.54, 1.807) is 11.4 Å². The largest absolute Gasteiger partial charge is 0.351 e. The van der Waals surface area contributed by atoms with Crippen molar-refractivity contribution in [1.29, 1.82) is 4.78 Å². The molecule has 0 saturated heterocycles. The van der Waals surface area contributed by atoms with Gasteiger partial charge in [-0.25, -0.2) is 8.99 Å². The summed E-state index contributed by atoms with van der Waals surface area (Å²) in [6, 6.07) is 1.73. The molecule has 0 aliphatic heterocycles. The maximum absolute atomic E-state index is 11.6. The number of nitrogens with one attached hydrogen (secondary N) is 2. The molecule has 0 fully saturated rings. The fraction of sp³-hybridized carbons (Fsp3) is 0.545. The van der Waals surface area contributed by atoms with Crippen LogP contribution < -0.4 is 5.32 Å². The Labute approximate surface area is 106 Å². The van der Waals surface area contributed by atoms with Crippen LogP contribution in [-0.2, 0) is 21.1 Å². The smallest absolute Gasteiger partial charge is 0.225 e. The highest BCUT2D eigenvalue weighted by Gasteiger charge is 2.20. The predicted octanol–water partition coefficient (Wildman–Crippen LogP) is 2.45. The van der Waals surface area contributed by atoms with Crippen molar-refractivity contribution in [2.24, 2.45) is 5.41 Å². The van der Waals surface area contributed by atoms with Gasteiger partial charge in [-0.2, -0.15) is 0 Å². The van der Waals surface area contributed by atoms with Crippen LogP contribution in [0.4, 0.5) is 0 Å². The maximum Gasteiger partial charge on any atom is 0.225 e. The van der Waals surface area contributed by atoms with Crippen molar-refractivity contribution in [1.82, 2.24) is 5.32 Å². The number of carbonyl (C=O) groups excluding carboxylic acids is 1. The molecule has 1 aromatic heterocycles. The molecule has 0 aromatic carbocycles. The molecule has 0 radical (unpaired) electrons. The third-order valence-electron chi connectivity index (χ3n) is 2.18. The molecule has 4 nitrogen and oxygen atoms in total. The Kier molecular flexibility index (Phi) is 3.99. The number of thiophene rings is 1. The molecule has 0 saturated carbocycles. The Morgan fingerprint density at radius 3 is 2.53 bits per heavy atom. The lowest BCUT2D eigenvalue weighted by Gasteiger charge is -2.17. The Hall–Kier alpha value is -0.880. The fourth-order valence-corrected chi connectivity index (χ4v) is 3.10. The van der Waals surface area contributed by atoms with E-state index in [4.69, 9.17) is 4.78 Å². The van der Waals surface area contributed by atoms with Gasteiger partial charge >= 0.3 is 0 Å². The Balaban J connectivity index is 2.66. The van der Waals surface area contributed by atoms with Gasteiger partial charge in [-0.1, -0.05) is 20.8 Å². The normalized spacial score (nSPS) is 15.3. The fourth-order valence-electron chi connectivity index (χ4n) is 1.09. The number of hydrogen-bond acceptors (Lipinski definition) is 4. The van der Waals surface area contributed by atoms with Gasteiger partial charge < -0.3 is 5.32 Å². The van der Waals surface area contributed by atoms with Gasteiger partial charge in [0.05, 0.1) is 21.2 Å². The molecule has 1 atom stereocenters. The summed E-state index contributed by atoms with van der Waals surface area (Å²) in [6.45, 7) is 5.98. The average Bonchev–Trinajstić information content (AvgIpc) is 2.59. The lowest BCUT2D eigenvalue weighted by molar-refractivity contribution is -0.128. The molecule has 17 heavy (non-hydrogen) atoms. The van der Waals surface area contributed by atoms with Gasteiger partial charge in [0, 0.05) is 21.9 Å². The highest BCUT2D eigenvalue weighted by Crippen LogP contribution is 2.20. The van der Waals surface area contributed by atoms with E-state index in [-0.39, 0.29) is 5.91 Å². The summed E-state index contributed by atoms with van der Waals surface area (Å²) in [5.74, 6) is -0.0180. The number of carbonyl (C=O) groups is 1. The van der Waals surface area contributed by atoms with Gasteiger partial charge in [-0.3, -0.25) is 4.79 Å². The molecular weight excluding hydrogens is 256 g/mol. The first-order valence-corrected chi connectivity index (χ1v) is 8.05. The Morgan fingerprint density at radius 1 is 1.53 bits per heavy atom. The second-order valence-corrected chi connectivity index (χ2v) is 8.18. The molecule has 1 heterocycles. The highest BCUT2D eigenvalue weighted by molar-refractivity contribution is 7.91. The van der Waals surface area contributed by atoms with E-state index in [0.717, 1.165) is 4.88 Å². The van der Waals surface area contributed by atoms with Crippen molar-refractivity contribution in [3.05, 3.63) is 16.3 Å². The van der Waals surface area contributed by atoms with Gasteiger partial charge in [0.25, 0.3) is 0 Å². The molecule has 0 aliphatic carbocycles. The number of rotatable bonds is 3. The summed E-state index contributed by atoms with van der Waals surface area (Å²) < 4.78 is 18.9. The van der Waals surface area contributed by atoms with Gasteiger partial charge in [0.15, 0.2) is 0 Å². The average molecular weight is 274 g/mol. The zero-order valence-electron chi connectivity index (χ0n) is 10.5. The summed E-state index contributed by atoms with van der Waals surface area (Å²) in [4.78, 5) is 13.1. The number of hydrogen-bond donors (Lipinski definition) is 2. The van der Waals surface area contributed by atoms with Crippen molar-refractivity contribution in [3.63, 3.8) is 0 Å². The first-order valence-electron chi connectivity index (χ1n) is 5.20. The first-order chi connectivity index (χ1) is 7.60. The van der Waals surface area contributed by atoms with Gasteiger partial charge in [-0.15, -0.1) is 11.3 Å². The minimum Gasteiger partial charge on any atom is -0.351 e. The summed E-state index contributed by atoms with van der Waals surface area (Å²) in [5, 5.41) is 4.54. The van der Waals surface area contributed by atoms with Crippen LogP contribution in [0.25, 0.3) is 0 Å². The van der Waals surface area contributed by atoms with E-state index in [9.17, 15) is 9.00 Å². The van der Waals surface area contributed by atoms with Crippen molar-refractivity contribution >= 4 is 27.0 Å². The monoisotopic (exact) mass is 274 g/mol.